The van der Waals surface area contributed by atoms with Crippen molar-refractivity contribution in [2.45, 2.75) is 39.9 Å². The van der Waals surface area contributed by atoms with E-state index in [0.29, 0.717) is 11.4 Å². The number of carbonyl (C=O) groups excluding carboxylic acids is 2. The van der Waals surface area contributed by atoms with E-state index in [1.165, 1.54) is 42.5 Å². The Morgan fingerprint density at radius 2 is 1.41 bits per heavy atom. The summed E-state index contributed by atoms with van der Waals surface area (Å²) >= 11 is 0. The molecule has 3 rings (SSSR count). The lowest BCUT2D eigenvalue weighted by Crippen LogP contribution is -2.17. The molecule has 0 heterocycles. The Labute approximate surface area is 214 Å². The van der Waals surface area contributed by atoms with Crippen LogP contribution in [0.25, 0.3) is 0 Å². The molecule has 3 aromatic carbocycles. The zero-order valence-electron chi connectivity index (χ0n) is 20.9. The Kier molecular flexibility index (Phi) is 8.23. The molecule has 3 aromatic rings. The maximum absolute atomic E-state index is 12.9. The number of phenols is 1. The lowest BCUT2D eigenvalue weighted by molar-refractivity contribution is 0.0695. The molecule has 0 aliphatic carbocycles. The van der Waals surface area contributed by atoms with Gasteiger partial charge in [-0.3, -0.25) is 9.59 Å². The average Bonchev–Trinajstić information content (AvgIpc) is 2.79. The summed E-state index contributed by atoms with van der Waals surface area (Å²) < 4.78 is 11.3. The van der Waals surface area contributed by atoms with E-state index < -0.39 is 17.8 Å². The van der Waals surface area contributed by atoms with Crippen molar-refractivity contribution < 1.29 is 34.1 Å². The number of hydrogen-bond acceptors (Lipinski definition) is 7. The Hall–Kier alpha value is -4.73. The fourth-order valence-electron chi connectivity index (χ4n) is 3.38. The molecule has 0 aliphatic rings. The normalized spacial score (nSPS) is 10.8. The van der Waals surface area contributed by atoms with Crippen LogP contribution in [0.3, 0.4) is 0 Å². The molecule has 0 fully saturated rings. The van der Waals surface area contributed by atoms with Crippen molar-refractivity contribution in [3.63, 3.8) is 0 Å². The first-order valence-corrected chi connectivity index (χ1v) is 11.5. The van der Waals surface area contributed by atoms with Gasteiger partial charge in [-0.15, -0.1) is 0 Å². The molecule has 37 heavy (non-hydrogen) atoms. The van der Waals surface area contributed by atoms with Gasteiger partial charge in [0.2, 0.25) is 0 Å². The molecule has 0 spiro atoms. The van der Waals surface area contributed by atoms with Crippen molar-refractivity contribution in [2.24, 2.45) is 0 Å². The smallest absolute Gasteiger partial charge is 0.335 e. The maximum Gasteiger partial charge on any atom is 0.335 e. The Bertz CT molecular complexity index is 1340. The van der Waals surface area contributed by atoms with E-state index in [0.717, 1.165) is 0 Å². The number of phenolic OH excluding ortho intramolecular Hbond substituents is 1. The van der Waals surface area contributed by atoms with Crippen LogP contribution in [0.1, 0.15) is 58.8 Å². The zero-order valence-corrected chi connectivity index (χ0v) is 20.9. The minimum absolute atomic E-state index is 0.000329. The fraction of sp³-hybridized carbons (Fsp3) is 0.222. The number of aromatic hydroxyl groups is 1. The highest BCUT2D eigenvalue weighted by Gasteiger charge is 2.19. The van der Waals surface area contributed by atoms with Crippen molar-refractivity contribution in [2.75, 3.05) is 16.4 Å². The number of nitrogens with one attached hydrogen (secondary N) is 2. The van der Waals surface area contributed by atoms with Crippen molar-refractivity contribution in [3.8, 4) is 17.2 Å². The number of aromatic carboxylic acids is 1. The molecule has 194 valence electrons. The minimum Gasteiger partial charge on any atom is -0.507 e. The molecule has 0 bridgehead atoms. The molecule has 0 radical (unpaired) electrons. The summed E-state index contributed by atoms with van der Waals surface area (Å²) in [6.07, 6.45) is -0.453. The summed E-state index contributed by atoms with van der Waals surface area (Å²) in [7, 11) is 0. The molecule has 2 amide bonds. The van der Waals surface area contributed by atoms with Crippen LogP contribution in [-0.2, 0) is 0 Å². The number of nitrogens with two attached hydrogens (primary N) is 1. The van der Waals surface area contributed by atoms with E-state index >= 15 is 0 Å². The third kappa shape index (κ3) is 6.91. The Morgan fingerprint density at radius 3 is 2.03 bits per heavy atom. The lowest BCUT2D eigenvalue weighted by atomic mass is 10.1. The first-order valence-electron chi connectivity index (χ1n) is 11.5. The van der Waals surface area contributed by atoms with Crippen LogP contribution in [0.5, 0.6) is 17.2 Å². The summed E-state index contributed by atoms with van der Waals surface area (Å²) in [4.78, 5) is 37.0. The van der Waals surface area contributed by atoms with Crippen LogP contribution in [0.2, 0.25) is 0 Å². The number of nitrogen functional groups attached to an aromatic ring is 1. The van der Waals surface area contributed by atoms with Crippen molar-refractivity contribution >= 4 is 34.8 Å². The van der Waals surface area contributed by atoms with Gasteiger partial charge in [0.15, 0.2) is 0 Å². The molecule has 0 unspecified atom stereocenters. The summed E-state index contributed by atoms with van der Waals surface area (Å²) in [6.45, 7) is 7.18. The van der Waals surface area contributed by atoms with Gasteiger partial charge >= 0.3 is 5.97 Å². The van der Waals surface area contributed by atoms with E-state index in [2.05, 4.69) is 10.6 Å². The number of carbonyl (C=O) groups is 3. The number of carboxylic acid groups (broad SMARTS) is 1. The van der Waals surface area contributed by atoms with Crippen molar-refractivity contribution in [3.05, 3.63) is 71.3 Å². The van der Waals surface area contributed by atoms with Crippen LogP contribution < -0.4 is 25.8 Å². The van der Waals surface area contributed by atoms with Gasteiger partial charge in [-0.25, -0.2) is 4.79 Å². The number of benzene rings is 3. The standard InChI is InChI=1S/C27H29N3O7/c1-14(2)36-23-12-17(28)6-8-20(23)26(33)29-18-7-9-19(22(31)13-18)25(32)30-21-10-5-16(27(34)35)11-24(21)37-15(3)4/h5-15,31H,28H2,1-4H3,(H,29,33)(H,30,32)(H,34,35). The summed E-state index contributed by atoms with van der Waals surface area (Å²) in [5, 5.41) is 25.0. The van der Waals surface area contributed by atoms with Crippen molar-refractivity contribution in [1.29, 1.82) is 0 Å². The first-order chi connectivity index (χ1) is 17.4. The average molecular weight is 508 g/mol. The minimum atomic E-state index is -1.14. The second kappa shape index (κ2) is 11.3. The van der Waals surface area contributed by atoms with E-state index in [1.54, 1.807) is 26.0 Å². The van der Waals surface area contributed by atoms with Gasteiger partial charge in [0.05, 0.1) is 34.6 Å². The SMILES string of the molecule is CC(C)Oc1cc(C(=O)O)ccc1NC(=O)c1ccc(NC(=O)c2ccc(N)cc2OC(C)C)cc1O. The first kappa shape index (κ1) is 26.9. The number of amides is 2. The molecular weight excluding hydrogens is 478 g/mol. The quantitative estimate of drug-likeness (QED) is 0.259. The second-order valence-electron chi connectivity index (χ2n) is 8.75. The number of carboxylic acids is 1. The molecule has 0 saturated carbocycles. The topological polar surface area (TPSA) is 160 Å². The molecular formula is C27H29N3O7. The van der Waals surface area contributed by atoms with Gasteiger partial charge in [-0.05, 0) is 70.2 Å². The van der Waals surface area contributed by atoms with Crippen LogP contribution >= 0.6 is 0 Å². The summed E-state index contributed by atoms with van der Waals surface area (Å²) in [5.41, 5.74) is 6.94. The molecule has 0 saturated heterocycles. The molecule has 0 atom stereocenters. The van der Waals surface area contributed by atoms with E-state index in [4.69, 9.17) is 15.2 Å². The molecule has 10 heteroatoms. The predicted octanol–water partition coefficient (Wildman–Crippen LogP) is 4.75. The van der Waals surface area contributed by atoms with Gasteiger partial charge in [0, 0.05) is 23.5 Å². The van der Waals surface area contributed by atoms with Crippen LogP contribution in [0, 0.1) is 0 Å². The largest absolute Gasteiger partial charge is 0.507 e. The molecule has 6 N–H and O–H groups in total. The third-order valence-corrected chi connectivity index (χ3v) is 4.95. The number of rotatable bonds is 9. The van der Waals surface area contributed by atoms with Gasteiger partial charge in [-0.2, -0.15) is 0 Å². The highest BCUT2D eigenvalue weighted by Crippen LogP contribution is 2.30. The zero-order chi connectivity index (χ0) is 27.3. The third-order valence-electron chi connectivity index (χ3n) is 4.95. The number of hydrogen-bond donors (Lipinski definition) is 5. The van der Waals surface area contributed by atoms with Crippen LogP contribution in [0.15, 0.2) is 54.6 Å². The summed E-state index contributed by atoms with van der Waals surface area (Å²) in [6, 6.07) is 12.8. The van der Waals surface area contributed by atoms with Gasteiger partial charge < -0.3 is 36.1 Å². The highest BCUT2D eigenvalue weighted by atomic mass is 16.5. The predicted molar refractivity (Wildman–Crippen MR) is 140 cm³/mol. The molecule has 0 aliphatic heterocycles. The molecule has 10 nitrogen and oxygen atoms in total. The van der Waals surface area contributed by atoms with Gasteiger partial charge in [0.25, 0.3) is 11.8 Å². The van der Waals surface area contributed by atoms with E-state index in [1.807, 2.05) is 13.8 Å². The van der Waals surface area contributed by atoms with Crippen LogP contribution in [-0.4, -0.2) is 40.2 Å². The van der Waals surface area contributed by atoms with E-state index in [-0.39, 0.29) is 51.8 Å². The Morgan fingerprint density at radius 1 is 0.784 bits per heavy atom. The monoisotopic (exact) mass is 507 g/mol. The fourth-order valence-corrected chi connectivity index (χ4v) is 3.38. The lowest BCUT2D eigenvalue weighted by Gasteiger charge is -2.16. The van der Waals surface area contributed by atoms with Crippen LogP contribution in [0.4, 0.5) is 17.1 Å². The maximum atomic E-state index is 12.9. The number of anilines is 3. The highest BCUT2D eigenvalue weighted by molar-refractivity contribution is 6.09. The van der Waals surface area contributed by atoms with Crippen molar-refractivity contribution in [1.82, 2.24) is 0 Å². The van der Waals surface area contributed by atoms with Gasteiger partial charge in [-0.1, -0.05) is 0 Å². The van der Waals surface area contributed by atoms with E-state index in [9.17, 15) is 24.6 Å². The molecule has 0 aromatic heterocycles. The number of ether oxygens (including phenoxy) is 2. The Balaban J connectivity index is 1.79. The summed E-state index contributed by atoms with van der Waals surface area (Å²) in [5.74, 6) is -2.15. The second-order valence-corrected chi connectivity index (χ2v) is 8.75. The van der Waals surface area contributed by atoms with Gasteiger partial charge in [0.1, 0.15) is 17.2 Å².